The van der Waals surface area contributed by atoms with Gasteiger partial charge in [0.15, 0.2) is 0 Å². The Hall–Kier alpha value is -0.340. The van der Waals surface area contributed by atoms with Crippen LogP contribution in [0.3, 0.4) is 0 Å². The number of hydrogen-bond acceptors (Lipinski definition) is 2. The Morgan fingerprint density at radius 3 is 2.67 bits per heavy atom. The maximum absolute atomic E-state index is 5.34. The second-order valence-corrected chi connectivity index (χ2v) is 4.15. The zero-order chi connectivity index (χ0) is 11.5. The molecule has 0 aliphatic carbocycles. The van der Waals surface area contributed by atoms with Gasteiger partial charge >= 0.3 is 0 Å². The van der Waals surface area contributed by atoms with Gasteiger partial charge in [0.1, 0.15) is 0 Å². The molecule has 0 radical (unpaired) electrons. The summed E-state index contributed by atoms with van der Waals surface area (Å²) in [5.41, 5.74) is 1.26. The van der Waals surface area contributed by atoms with E-state index in [4.69, 9.17) is 4.74 Å². The van der Waals surface area contributed by atoms with Crippen LogP contribution in [0.25, 0.3) is 0 Å². The standard InChI is InChI=1S/C13H27NO/c1-5-9-14-13(11-12(3)4)8-7-10-15-6-2/h13-14H,3,5-11H2,1-2,4H3. The van der Waals surface area contributed by atoms with E-state index in [0.29, 0.717) is 6.04 Å². The van der Waals surface area contributed by atoms with Gasteiger partial charge in [-0.3, -0.25) is 0 Å². The molecule has 0 heterocycles. The lowest BCUT2D eigenvalue weighted by Crippen LogP contribution is -2.30. The molecular formula is C13H27NO. The zero-order valence-corrected chi connectivity index (χ0v) is 10.6. The Kier molecular flexibility index (Phi) is 9.96. The van der Waals surface area contributed by atoms with Crippen molar-refractivity contribution in [3.63, 3.8) is 0 Å². The average molecular weight is 213 g/mol. The van der Waals surface area contributed by atoms with Crippen molar-refractivity contribution in [2.75, 3.05) is 19.8 Å². The number of ether oxygens (including phenoxy) is 1. The van der Waals surface area contributed by atoms with Crippen molar-refractivity contribution in [2.45, 2.75) is 52.5 Å². The van der Waals surface area contributed by atoms with Crippen molar-refractivity contribution in [2.24, 2.45) is 0 Å². The Morgan fingerprint density at radius 2 is 2.13 bits per heavy atom. The molecule has 2 nitrogen and oxygen atoms in total. The summed E-state index contributed by atoms with van der Waals surface area (Å²) >= 11 is 0. The summed E-state index contributed by atoms with van der Waals surface area (Å²) in [5, 5.41) is 3.56. The second kappa shape index (κ2) is 10.2. The van der Waals surface area contributed by atoms with Crippen LogP contribution in [0, 0.1) is 0 Å². The molecule has 0 aliphatic rings. The molecule has 0 aliphatic heterocycles. The van der Waals surface area contributed by atoms with Crippen LogP contribution in [0.1, 0.15) is 46.5 Å². The molecule has 0 saturated heterocycles. The van der Waals surface area contributed by atoms with E-state index in [1.807, 2.05) is 6.92 Å². The predicted octanol–water partition coefficient (Wildman–Crippen LogP) is 3.14. The third-order valence-electron chi connectivity index (χ3n) is 2.32. The van der Waals surface area contributed by atoms with Crippen molar-refractivity contribution in [1.29, 1.82) is 0 Å². The van der Waals surface area contributed by atoms with Gasteiger partial charge in [-0.25, -0.2) is 0 Å². The van der Waals surface area contributed by atoms with Crippen molar-refractivity contribution >= 4 is 0 Å². The summed E-state index contributed by atoms with van der Waals surface area (Å²) in [4.78, 5) is 0. The van der Waals surface area contributed by atoms with E-state index in [0.717, 1.165) is 32.6 Å². The third-order valence-corrected chi connectivity index (χ3v) is 2.32. The number of nitrogens with one attached hydrogen (secondary N) is 1. The molecule has 15 heavy (non-hydrogen) atoms. The first kappa shape index (κ1) is 14.7. The summed E-state index contributed by atoms with van der Waals surface area (Å²) in [7, 11) is 0. The van der Waals surface area contributed by atoms with Gasteiger partial charge in [0.25, 0.3) is 0 Å². The Bertz CT molecular complexity index is 157. The minimum Gasteiger partial charge on any atom is -0.382 e. The van der Waals surface area contributed by atoms with E-state index in [1.54, 1.807) is 0 Å². The lowest BCUT2D eigenvalue weighted by molar-refractivity contribution is 0.140. The highest BCUT2D eigenvalue weighted by molar-refractivity contribution is 4.92. The van der Waals surface area contributed by atoms with Crippen molar-refractivity contribution in [1.82, 2.24) is 5.32 Å². The largest absolute Gasteiger partial charge is 0.382 e. The summed E-state index contributed by atoms with van der Waals surface area (Å²) in [6, 6.07) is 0.586. The van der Waals surface area contributed by atoms with Crippen LogP contribution in [0.2, 0.25) is 0 Å². The number of hydrogen-bond donors (Lipinski definition) is 1. The maximum atomic E-state index is 5.34. The third kappa shape index (κ3) is 9.95. The fourth-order valence-corrected chi connectivity index (χ4v) is 1.62. The van der Waals surface area contributed by atoms with Gasteiger partial charge in [-0.05, 0) is 46.1 Å². The predicted molar refractivity (Wildman–Crippen MR) is 67.2 cm³/mol. The summed E-state index contributed by atoms with van der Waals surface area (Å²) in [6.07, 6.45) is 4.61. The van der Waals surface area contributed by atoms with Crippen LogP contribution in [0.4, 0.5) is 0 Å². The second-order valence-electron chi connectivity index (χ2n) is 4.15. The molecule has 0 rings (SSSR count). The minimum absolute atomic E-state index is 0.586. The normalized spacial score (nSPS) is 12.7. The molecule has 1 unspecified atom stereocenters. The first-order valence-electron chi connectivity index (χ1n) is 6.16. The van der Waals surface area contributed by atoms with Gasteiger partial charge in [-0.15, -0.1) is 6.58 Å². The quantitative estimate of drug-likeness (QED) is 0.444. The monoisotopic (exact) mass is 213 g/mol. The lowest BCUT2D eigenvalue weighted by atomic mass is 10.0. The molecule has 0 aromatic rings. The molecule has 1 N–H and O–H groups in total. The molecule has 0 spiro atoms. The highest BCUT2D eigenvalue weighted by Gasteiger charge is 2.07. The smallest absolute Gasteiger partial charge is 0.0466 e. The fraction of sp³-hybridized carbons (Fsp3) is 0.846. The van der Waals surface area contributed by atoms with E-state index in [9.17, 15) is 0 Å². The van der Waals surface area contributed by atoms with E-state index < -0.39 is 0 Å². The van der Waals surface area contributed by atoms with E-state index in [2.05, 4.69) is 25.7 Å². The molecular weight excluding hydrogens is 186 g/mol. The first-order valence-corrected chi connectivity index (χ1v) is 6.16. The fourth-order valence-electron chi connectivity index (χ4n) is 1.62. The van der Waals surface area contributed by atoms with E-state index in [1.165, 1.54) is 18.4 Å². The molecule has 0 saturated carbocycles. The summed E-state index contributed by atoms with van der Waals surface area (Å²) in [6.45, 7) is 13.1. The van der Waals surface area contributed by atoms with Crippen molar-refractivity contribution in [3.8, 4) is 0 Å². The van der Waals surface area contributed by atoms with Crippen LogP contribution in [0.5, 0.6) is 0 Å². The first-order chi connectivity index (χ1) is 7.20. The molecule has 2 heteroatoms. The topological polar surface area (TPSA) is 21.3 Å². The molecule has 0 aromatic carbocycles. The molecule has 0 aromatic heterocycles. The lowest BCUT2D eigenvalue weighted by Gasteiger charge is -2.18. The highest BCUT2D eigenvalue weighted by atomic mass is 16.5. The van der Waals surface area contributed by atoms with Gasteiger partial charge < -0.3 is 10.1 Å². The van der Waals surface area contributed by atoms with E-state index in [-0.39, 0.29) is 0 Å². The van der Waals surface area contributed by atoms with Gasteiger partial charge in [0.05, 0.1) is 0 Å². The van der Waals surface area contributed by atoms with Crippen LogP contribution in [-0.4, -0.2) is 25.8 Å². The number of rotatable bonds is 10. The average Bonchev–Trinajstić information content (AvgIpc) is 2.19. The van der Waals surface area contributed by atoms with Gasteiger partial charge in [0, 0.05) is 19.3 Å². The van der Waals surface area contributed by atoms with Crippen LogP contribution in [-0.2, 0) is 4.74 Å². The molecule has 0 fully saturated rings. The van der Waals surface area contributed by atoms with Crippen LogP contribution in [0.15, 0.2) is 12.2 Å². The highest BCUT2D eigenvalue weighted by Crippen LogP contribution is 2.08. The molecule has 90 valence electrons. The molecule has 0 amide bonds. The zero-order valence-electron chi connectivity index (χ0n) is 10.6. The Morgan fingerprint density at radius 1 is 1.40 bits per heavy atom. The van der Waals surface area contributed by atoms with Crippen molar-refractivity contribution in [3.05, 3.63) is 12.2 Å². The SMILES string of the molecule is C=C(C)CC(CCCOCC)NCCC. The van der Waals surface area contributed by atoms with Gasteiger partial charge in [-0.2, -0.15) is 0 Å². The Labute approximate surface area is 95.1 Å². The minimum atomic E-state index is 0.586. The Balaban J connectivity index is 3.64. The molecule has 1 atom stereocenters. The van der Waals surface area contributed by atoms with Crippen LogP contribution < -0.4 is 5.32 Å². The van der Waals surface area contributed by atoms with Gasteiger partial charge in [-0.1, -0.05) is 12.5 Å². The molecule has 0 bridgehead atoms. The van der Waals surface area contributed by atoms with Gasteiger partial charge in [0.2, 0.25) is 0 Å². The van der Waals surface area contributed by atoms with Crippen molar-refractivity contribution < 1.29 is 4.74 Å². The summed E-state index contributed by atoms with van der Waals surface area (Å²) in [5.74, 6) is 0. The summed E-state index contributed by atoms with van der Waals surface area (Å²) < 4.78 is 5.34. The maximum Gasteiger partial charge on any atom is 0.0466 e. The van der Waals surface area contributed by atoms with E-state index >= 15 is 0 Å². The van der Waals surface area contributed by atoms with Crippen LogP contribution >= 0.6 is 0 Å².